The zero-order chi connectivity index (χ0) is 16.9. The van der Waals surface area contributed by atoms with Crippen LogP contribution < -0.4 is 10.6 Å². The Balaban J connectivity index is 2.64. The zero-order valence-corrected chi connectivity index (χ0v) is 14.9. The molecule has 0 saturated carbocycles. The lowest BCUT2D eigenvalue weighted by molar-refractivity contribution is -0.140. The maximum Gasteiger partial charge on any atom is 0.244 e. The van der Waals surface area contributed by atoms with Crippen molar-refractivity contribution in [3.05, 3.63) is 0 Å². The molecule has 1 aliphatic rings. The fourth-order valence-electron chi connectivity index (χ4n) is 2.16. The Bertz CT molecular complexity index is 434. The summed E-state index contributed by atoms with van der Waals surface area (Å²) >= 11 is 1.56. The first kappa shape index (κ1) is 18.8. The van der Waals surface area contributed by atoms with E-state index in [9.17, 15) is 14.4 Å². The molecule has 0 radical (unpaired) electrons. The monoisotopic (exact) mass is 329 g/mol. The first-order valence-corrected chi connectivity index (χ1v) is 8.76. The predicted octanol–water partition coefficient (Wildman–Crippen LogP) is 0.965. The number of carbonyl (C=O) groups excluding carboxylic acids is 3. The molecule has 0 bridgehead atoms. The van der Waals surface area contributed by atoms with Crippen LogP contribution in [0.5, 0.6) is 0 Å². The molecule has 2 atom stereocenters. The second-order valence-corrected chi connectivity index (χ2v) is 7.74. The summed E-state index contributed by atoms with van der Waals surface area (Å²) in [5, 5.41) is 5.36. The molecule has 1 heterocycles. The molecule has 0 spiro atoms. The summed E-state index contributed by atoms with van der Waals surface area (Å²) in [6, 6.07) is -1.09. The number of amides is 3. The van der Waals surface area contributed by atoms with E-state index in [1.165, 1.54) is 0 Å². The van der Waals surface area contributed by atoms with Crippen LogP contribution in [0.25, 0.3) is 0 Å². The lowest BCUT2D eigenvalue weighted by Crippen LogP contribution is -2.53. The number of nitrogens with one attached hydrogen (secondary N) is 2. The van der Waals surface area contributed by atoms with Crippen LogP contribution in [-0.2, 0) is 14.4 Å². The molecule has 126 valence electrons. The molecule has 2 N–H and O–H groups in total. The molecule has 22 heavy (non-hydrogen) atoms. The van der Waals surface area contributed by atoms with Gasteiger partial charge in [0.05, 0.1) is 5.88 Å². The predicted molar refractivity (Wildman–Crippen MR) is 88.3 cm³/mol. The van der Waals surface area contributed by atoms with Gasteiger partial charge >= 0.3 is 0 Å². The van der Waals surface area contributed by atoms with E-state index in [4.69, 9.17) is 0 Å². The highest BCUT2D eigenvalue weighted by Gasteiger charge is 2.36. The number of rotatable bonds is 5. The van der Waals surface area contributed by atoms with Gasteiger partial charge in [-0.05, 0) is 19.3 Å². The Morgan fingerprint density at radius 2 is 1.95 bits per heavy atom. The van der Waals surface area contributed by atoms with Gasteiger partial charge < -0.3 is 15.5 Å². The summed E-state index contributed by atoms with van der Waals surface area (Å²) in [5.41, 5.74) is -0.111. The van der Waals surface area contributed by atoms with Gasteiger partial charge in [-0.15, -0.1) is 11.8 Å². The highest BCUT2D eigenvalue weighted by atomic mass is 32.2. The summed E-state index contributed by atoms with van der Waals surface area (Å²) in [6.45, 7) is 9.99. The van der Waals surface area contributed by atoms with Gasteiger partial charge in [-0.25, -0.2) is 0 Å². The van der Waals surface area contributed by atoms with Gasteiger partial charge in [0.1, 0.15) is 12.1 Å². The van der Waals surface area contributed by atoms with Crippen LogP contribution in [0, 0.1) is 5.41 Å². The van der Waals surface area contributed by atoms with Gasteiger partial charge in [0.15, 0.2) is 0 Å². The van der Waals surface area contributed by atoms with Gasteiger partial charge in [-0.1, -0.05) is 20.8 Å². The quantitative estimate of drug-likeness (QED) is 0.788. The second-order valence-electron chi connectivity index (χ2n) is 6.74. The maximum atomic E-state index is 12.4. The van der Waals surface area contributed by atoms with Crippen molar-refractivity contribution in [1.82, 2.24) is 15.5 Å². The fourth-order valence-corrected chi connectivity index (χ4v) is 3.34. The van der Waals surface area contributed by atoms with E-state index in [2.05, 4.69) is 10.6 Å². The van der Waals surface area contributed by atoms with E-state index in [-0.39, 0.29) is 23.1 Å². The first-order chi connectivity index (χ1) is 10.2. The zero-order valence-electron chi connectivity index (χ0n) is 14.1. The van der Waals surface area contributed by atoms with Crippen molar-refractivity contribution in [1.29, 1.82) is 0 Å². The largest absolute Gasteiger partial charge is 0.355 e. The van der Waals surface area contributed by atoms with Crippen molar-refractivity contribution in [3.63, 3.8) is 0 Å². The number of hydrogen-bond donors (Lipinski definition) is 2. The van der Waals surface area contributed by atoms with Crippen LogP contribution in [0.15, 0.2) is 0 Å². The minimum Gasteiger partial charge on any atom is -0.355 e. The van der Waals surface area contributed by atoms with Gasteiger partial charge in [-0.2, -0.15) is 0 Å². The molecule has 0 aromatic carbocycles. The molecule has 2 unspecified atom stereocenters. The Labute approximate surface area is 136 Å². The van der Waals surface area contributed by atoms with Gasteiger partial charge in [0.25, 0.3) is 0 Å². The van der Waals surface area contributed by atoms with E-state index in [0.29, 0.717) is 24.6 Å². The maximum absolute atomic E-state index is 12.4. The molecule has 0 aromatic heterocycles. The number of nitrogens with zero attached hydrogens (tertiary/aromatic N) is 1. The Morgan fingerprint density at radius 3 is 2.50 bits per heavy atom. The third-order valence-corrected chi connectivity index (χ3v) is 4.30. The van der Waals surface area contributed by atoms with Crippen LogP contribution in [0.4, 0.5) is 0 Å². The molecule has 7 heteroatoms. The molecule has 1 aliphatic heterocycles. The third-order valence-electron chi connectivity index (χ3n) is 3.29. The average Bonchev–Trinajstić information content (AvgIpc) is 2.86. The van der Waals surface area contributed by atoms with Gasteiger partial charge in [-0.3, -0.25) is 14.4 Å². The van der Waals surface area contributed by atoms with Crippen molar-refractivity contribution in [2.75, 3.05) is 18.2 Å². The molecular weight excluding hydrogens is 302 g/mol. The minimum absolute atomic E-state index is 0.0108. The summed E-state index contributed by atoms with van der Waals surface area (Å²) in [4.78, 5) is 38.0. The number of carbonyl (C=O) groups is 3. The van der Waals surface area contributed by atoms with Crippen molar-refractivity contribution in [3.8, 4) is 0 Å². The topological polar surface area (TPSA) is 78.5 Å². The van der Waals surface area contributed by atoms with Gasteiger partial charge in [0.2, 0.25) is 17.7 Å². The summed E-state index contributed by atoms with van der Waals surface area (Å²) in [6.07, 6.45) is 0.406. The smallest absolute Gasteiger partial charge is 0.244 e. The molecular formula is C15H27N3O3S. The average molecular weight is 329 g/mol. The normalized spacial score (nSPS) is 19.7. The highest BCUT2D eigenvalue weighted by Crippen LogP contribution is 2.26. The molecule has 1 fully saturated rings. The molecule has 1 saturated heterocycles. The Hall–Kier alpha value is -1.24. The van der Waals surface area contributed by atoms with Crippen LogP contribution in [0.1, 0.15) is 41.0 Å². The standard InChI is InChI=1S/C15H27N3O3S/c1-6-16-13(20)10(2)17-14(21)11-8-22-9-18(11)12(19)7-15(3,4)5/h10-11H,6-9H2,1-5H3,(H,16,20)(H,17,21). The number of thioether (sulfide) groups is 1. The summed E-state index contributed by atoms with van der Waals surface area (Å²) in [5.74, 6) is 0.621. The summed E-state index contributed by atoms with van der Waals surface area (Å²) < 4.78 is 0. The second kappa shape index (κ2) is 7.85. The van der Waals surface area contributed by atoms with E-state index in [1.807, 2.05) is 27.7 Å². The van der Waals surface area contributed by atoms with E-state index < -0.39 is 12.1 Å². The SMILES string of the molecule is CCNC(=O)C(C)NC(=O)C1CSCN1C(=O)CC(C)(C)C. The van der Waals surface area contributed by atoms with E-state index in [0.717, 1.165) is 0 Å². The van der Waals surface area contributed by atoms with Crippen LogP contribution in [0.3, 0.4) is 0 Å². The van der Waals surface area contributed by atoms with Crippen molar-refractivity contribution < 1.29 is 14.4 Å². The minimum atomic E-state index is -0.599. The molecule has 3 amide bonds. The van der Waals surface area contributed by atoms with Crippen LogP contribution in [-0.4, -0.2) is 52.9 Å². The van der Waals surface area contributed by atoms with Crippen molar-refractivity contribution >= 4 is 29.5 Å². The molecule has 6 nitrogen and oxygen atoms in total. The van der Waals surface area contributed by atoms with Gasteiger partial charge in [0, 0.05) is 18.7 Å². The first-order valence-electron chi connectivity index (χ1n) is 7.61. The van der Waals surface area contributed by atoms with Crippen LogP contribution >= 0.6 is 11.8 Å². The third kappa shape index (κ3) is 5.51. The number of hydrogen-bond acceptors (Lipinski definition) is 4. The molecule has 0 aliphatic carbocycles. The van der Waals surface area contributed by atoms with E-state index in [1.54, 1.807) is 23.6 Å². The highest BCUT2D eigenvalue weighted by molar-refractivity contribution is 7.99. The Kier molecular flexibility index (Phi) is 6.71. The lowest BCUT2D eigenvalue weighted by atomic mass is 9.91. The Morgan fingerprint density at radius 1 is 1.32 bits per heavy atom. The molecule has 0 aromatic rings. The van der Waals surface area contributed by atoms with Crippen LogP contribution in [0.2, 0.25) is 0 Å². The fraction of sp³-hybridized carbons (Fsp3) is 0.800. The summed E-state index contributed by atoms with van der Waals surface area (Å²) in [7, 11) is 0. The number of likely N-dealkylation sites (N-methyl/N-ethyl adjacent to an activating group) is 1. The lowest BCUT2D eigenvalue weighted by Gasteiger charge is -2.27. The van der Waals surface area contributed by atoms with Crippen molar-refractivity contribution in [2.45, 2.75) is 53.1 Å². The van der Waals surface area contributed by atoms with E-state index >= 15 is 0 Å². The molecule has 1 rings (SSSR count). The van der Waals surface area contributed by atoms with Crippen molar-refractivity contribution in [2.24, 2.45) is 5.41 Å².